The van der Waals surface area contributed by atoms with Crippen LogP contribution in [0, 0.1) is 0 Å². The van der Waals surface area contributed by atoms with Gasteiger partial charge in [-0.2, -0.15) is 0 Å². The number of nitrogens with one attached hydrogen (secondary N) is 2. The second-order valence-electron chi connectivity index (χ2n) is 4.77. The Hall–Kier alpha value is -1.28. The fraction of sp³-hybridized carbons (Fsp3) is 0.385. The van der Waals surface area contributed by atoms with E-state index in [2.05, 4.69) is 41.5 Å². The van der Waals surface area contributed by atoms with Crippen LogP contribution in [0.4, 0.5) is 0 Å². The minimum atomic E-state index is 0.325. The van der Waals surface area contributed by atoms with Crippen molar-refractivity contribution in [3.05, 3.63) is 36.0 Å². The molecule has 1 aromatic carbocycles. The van der Waals surface area contributed by atoms with Gasteiger partial charge in [-0.25, -0.2) is 0 Å². The Labute approximate surface area is 89.7 Å². The zero-order chi connectivity index (χ0) is 10.3. The van der Waals surface area contributed by atoms with Crippen LogP contribution in [0.25, 0.3) is 10.9 Å². The highest BCUT2D eigenvalue weighted by Crippen LogP contribution is 2.31. The number of aromatic nitrogens is 1. The largest absolute Gasteiger partial charge is 0.361 e. The lowest BCUT2D eigenvalue weighted by molar-refractivity contribution is 0.526. The van der Waals surface area contributed by atoms with E-state index in [9.17, 15) is 0 Å². The van der Waals surface area contributed by atoms with Crippen LogP contribution >= 0.6 is 0 Å². The predicted molar refractivity (Wildman–Crippen MR) is 63.1 cm³/mol. The van der Waals surface area contributed by atoms with Crippen LogP contribution in [0.15, 0.2) is 30.5 Å². The summed E-state index contributed by atoms with van der Waals surface area (Å²) in [6.07, 6.45) is 3.24. The molecule has 0 radical (unpaired) electrons. The summed E-state index contributed by atoms with van der Waals surface area (Å²) in [6.45, 7) is 4.59. The van der Waals surface area contributed by atoms with Crippen molar-refractivity contribution in [2.24, 2.45) is 0 Å². The van der Waals surface area contributed by atoms with Crippen molar-refractivity contribution in [3.8, 4) is 0 Å². The van der Waals surface area contributed by atoms with Crippen LogP contribution in [0.5, 0.6) is 0 Å². The summed E-state index contributed by atoms with van der Waals surface area (Å²) < 4.78 is 0. The molecular formula is C13H16N2. The number of hydrogen-bond donors (Lipinski definition) is 2. The van der Waals surface area contributed by atoms with Crippen LogP contribution in [-0.4, -0.2) is 18.1 Å². The van der Waals surface area contributed by atoms with Crippen molar-refractivity contribution < 1.29 is 0 Å². The molecule has 0 bridgehead atoms. The Morgan fingerprint density at radius 1 is 1.27 bits per heavy atom. The summed E-state index contributed by atoms with van der Waals surface area (Å²) in [5.74, 6) is 0. The molecule has 1 fully saturated rings. The SMILES string of the molecule is CC1(c2ccc3[nH]ccc3c2)CCNC1. The Kier molecular flexibility index (Phi) is 1.86. The highest BCUT2D eigenvalue weighted by molar-refractivity contribution is 5.80. The van der Waals surface area contributed by atoms with Crippen molar-refractivity contribution in [1.82, 2.24) is 10.3 Å². The second kappa shape index (κ2) is 3.11. The smallest absolute Gasteiger partial charge is 0.0454 e. The summed E-state index contributed by atoms with van der Waals surface area (Å²) in [5, 5.41) is 4.77. The van der Waals surface area contributed by atoms with E-state index in [1.807, 2.05) is 6.20 Å². The third-order valence-corrected chi connectivity index (χ3v) is 3.62. The molecule has 1 atom stereocenters. The molecule has 1 saturated heterocycles. The van der Waals surface area contributed by atoms with Gasteiger partial charge in [-0.05, 0) is 42.1 Å². The van der Waals surface area contributed by atoms with Gasteiger partial charge in [-0.3, -0.25) is 0 Å². The van der Waals surface area contributed by atoms with E-state index >= 15 is 0 Å². The molecule has 78 valence electrons. The van der Waals surface area contributed by atoms with E-state index < -0.39 is 0 Å². The van der Waals surface area contributed by atoms with Crippen molar-refractivity contribution in [1.29, 1.82) is 0 Å². The zero-order valence-corrected chi connectivity index (χ0v) is 9.01. The molecule has 2 N–H and O–H groups in total. The molecule has 2 heterocycles. The highest BCUT2D eigenvalue weighted by Gasteiger charge is 2.30. The first kappa shape index (κ1) is 8.98. The van der Waals surface area contributed by atoms with Crippen molar-refractivity contribution in [3.63, 3.8) is 0 Å². The van der Waals surface area contributed by atoms with Crippen LogP contribution in [0.3, 0.4) is 0 Å². The third kappa shape index (κ3) is 1.37. The molecule has 1 unspecified atom stereocenters. The molecule has 1 aliphatic heterocycles. The molecule has 15 heavy (non-hydrogen) atoms. The first-order chi connectivity index (χ1) is 7.28. The summed E-state index contributed by atoms with van der Waals surface area (Å²) in [5.41, 5.74) is 3.01. The molecule has 3 rings (SSSR count). The molecule has 2 aromatic rings. The number of H-pyrrole nitrogens is 1. The van der Waals surface area contributed by atoms with Gasteiger partial charge in [0.15, 0.2) is 0 Å². The van der Waals surface area contributed by atoms with Gasteiger partial charge in [0.1, 0.15) is 0 Å². The van der Waals surface area contributed by atoms with E-state index in [0.29, 0.717) is 5.41 Å². The second-order valence-corrected chi connectivity index (χ2v) is 4.77. The molecule has 2 heteroatoms. The first-order valence-corrected chi connectivity index (χ1v) is 5.56. The van der Waals surface area contributed by atoms with Gasteiger partial charge in [0, 0.05) is 23.7 Å². The fourth-order valence-corrected chi connectivity index (χ4v) is 2.49. The Morgan fingerprint density at radius 3 is 3.00 bits per heavy atom. The minimum Gasteiger partial charge on any atom is -0.361 e. The Morgan fingerprint density at radius 2 is 2.20 bits per heavy atom. The van der Waals surface area contributed by atoms with Crippen LogP contribution in [-0.2, 0) is 5.41 Å². The molecule has 2 nitrogen and oxygen atoms in total. The lowest BCUT2D eigenvalue weighted by Gasteiger charge is -2.23. The van der Waals surface area contributed by atoms with Crippen molar-refractivity contribution in [2.75, 3.05) is 13.1 Å². The number of benzene rings is 1. The lowest BCUT2D eigenvalue weighted by Crippen LogP contribution is -2.24. The molecular weight excluding hydrogens is 184 g/mol. The van der Waals surface area contributed by atoms with Crippen LogP contribution in [0.2, 0.25) is 0 Å². The van der Waals surface area contributed by atoms with E-state index in [-0.39, 0.29) is 0 Å². The number of rotatable bonds is 1. The van der Waals surface area contributed by atoms with Crippen molar-refractivity contribution >= 4 is 10.9 Å². The fourth-order valence-electron chi connectivity index (χ4n) is 2.49. The monoisotopic (exact) mass is 200 g/mol. The third-order valence-electron chi connectivity index (χ3n) is 3.62. The van der Waals surface area contributed by atoms with Gasteiger partial charge in [0.2, 0.25) is 0 Å². The number of aromatic amines is 1. The average molecular weight is 200 g/mol. The van der Waals surface area contributed by atoms with Crippen LogP contribution in [0.1, 0.15) is 18.9 Å². The van der Waals surface area contributed by atoms with Gasteiger partial charge >= 0.3 is 0 Å². The first-order valence-electron chi connectivity index (χ1n) is 5.56. The quantitative estimate of drug-likeness (QED) is 0.727. The molecule has 0 aliphatic carbocycles. The maximum absolute atomic E-state index is 3.45. The molecule has 1 aromatic heterocycles. The summed E-state index contributed by atoms with van der Waals surface area (Å²) in [4.78, 5) is 3.23. The molecule has 0 spiro atoms. The van der Waals surface area contributed by atoms with Crippen molar-refractivity contribution in [2.45, 2.75) is 18.8 Å². The number of fused-ring (bicyclic) bond motifs is 1. The van der Waals surface area contributed by atoms with Gasteiger partial charge in [-0.1, -0.05) is 13.0 Å². The summed E-state index contributed by atoms with van der Waals surface area (Å²) >= 11 is 0. The standard InChI is InChI=1S/C13H16N2/c1-13(5-7-14-9-13)11-2-3-12-10(8-11)4-6-15-12/h2-4,6,8,14-15H,5,7,9H2,1H3. The topological polar surface area (TPSA) is 27.8 Å². The summed E-state index contributed by atoms with van der Waals surface area (Å²) in [6, 6.07) is 8.91. The van der Waals surface area contributed by atoms with Crippen LogP contribution < -0.4 is 5.32 Å². The van der Waals surface area contributed by atoms with Gasteiger partial charge in [0.05, 0.1) is 0 Å². The predicted octanol–water partition coefficient (Wildman–Crippen LogP) is 2.42. The Balaban J connectivity index is 2.10. The van der Waals surface area contributed by atoms with Gasteiger partial charge < -0.3 is 10.3 Å². The highest BCUT2D eigenvalue weighted by atomic mass is 14.9. The molecule has 0 amide bonds. The lowest BCUT2D eigenvalue weighted by atomic mass is 9.81. The zero-order valence-electron chi connectivity index (χ0n) is 9.01. The summed E-state index contributed by atoms with van der Waals surface area (Å²) in [7, 11) is 0. The van der Waals surface area contributed by atoms with Gasteiger partial charge in [0.25, 0.3) is 0 Å². The average Bonchev–Trinajstić information content (AvgIpc) is 2.85. The maximum Gasteiger partial charge on any atom is 0.0454 e. The molecule has 0 saturated carbocycles. The normalized spacial score (nSPS) is 26.2. The van der Waals surface area contributed by atoms with E-state index in [4.69, 9.17) is 0 Å². The Bertz CT molecular complexity index is 478. The van der Waals surface area contributed by atoms with E-state index in [0.717, 1.165) is 13.1 Å². The number of hydrogen-bond acceptors (Lipinski definition) is 1. The maximum atomic E-state index is 3.45. The molecule has 1 aliphatic rings. The van der Waals surface area contributed by atoms with E-state index in [1.165, 1.54) is 22.9 Å². The van der Waals surface area contributed by atoms with Gasteiger partial charge in [-0.15, -0.1) is 0 Å². The minimum absolute atomic E-state index is 0.325. The van der Waals surface area contributed by atoms with E-state index in [1.54, 1.807) is 0 Å².